The number of nitro benzene ring substituents is 1. The van der Waals surface area contributed by atoms with Crippen LogP contribution in [-0.4, -0.2) is 51.4 Å². The standard InChI is InChI=1S/C33H36N4O7/c1-43-28-8-5-9-29(44-2)30(28)27-17-24(35-36(27)25-10-11-26(37(41)42)23-7-4-3-6-22(23)25)31(38)34-33(32(39)40)20-13-18-12-19(15-20)16-21(33)14-18/h5,8-11,17-21H,3-4,6-7,12-16H2,1-2H3,(H,34,38)(H,39,40). The Kier molecular flexibility index (Phi) is 6.86. The van der Waals surface area contributed by atoms with Crippen LogP contribution in [0.4, 0.5) is 5.69 Å². The number of rotatable bonds is 8. The van der Waals surface area contributed by atoms with Crippen LogP contribution < -0.4 is 14.8 Å². The first-order valence-electron chi connectivity index (χ1n) is 15.4. The van der Waals surface area contributed by atoms with E-state index in [4.69, 9.17) is 14.6 Å². The van der Waals surface area contributed by atoms with Gasteiger partial charge in [0.05, 0.1) is 36.1 Å². The third kappa shape index (κ3) is 4.27. The summed E-state index contributed by atoms with van der Waals surface area (Å²) in [7, 11) is 3.09. The number of carbonyl (C=O) groups is 2. The first kappa shape index (κ1) is 28.4. The number of fused-ring (bicyclic) bond motifs is 1. The highest BCUT2D eigenvalue weighted by molar-refractivity contribution is 5.98. The fourth-order valence-corrected chi connectivity index (χ4v) is 8.94. The predicted octanol–water partition coefficient (Wildman–Crippen LogP) is 5.35. The number of amides is 1. The van der Waals surface area contributed by atoms with E-state index in [0.29, 0.717) is 58.7 Å². The highest BCUT2D eigenvalue weighted by Crippen LogP contribution is 2.58. The summed E-state index contributed by atoms with van der Waals surface area (Å²) in [5, 5.41) is 30.3. The van der Waals surface area contributed by atoms with Gasteiger partial charge < -0.3 is 19.9 Å². The van der Waals surface area contributed by atoms with Crippen molar-refractivity contribution >= 4 is 17.6 Å². The second kappa shape index (κ2) is 10.6. The Labute approximate surface area is 254 Å². The largest absolute Gasteiger partial charge is 0.496 e. The molecule has 4 bridgehead atoms. The Morgan fingerprint density at radius 3 is 2.16 bits per heavy atom. The maximum absolute atomic E-state index is 14.1. The van der Waals surface area contributed by atoms with Crippen LogP contribution in [0.2, 0.25) is 0 Å². The fraction of sp³-hybridized carbons (Fsp3) is 0.485. The maximum atomic E-state index is 14.1. The lowest BCUT2D eigenvalue weighted by atomic mass is 9.48. The molecule has 0 aliphatic heterocycles. The molecular formula is C33H36N4O7. The first-order valence-corrected chi connectivity index (χ1v) is 15.4. The van der Waals surface area contributed by atoms with E-state index in [1.54, 1.807) is 49.2 Å². The number of nitrogens with one attached hydrogen (secondary N) is 1. The molecule has 1 heterocycles. The number of aliphatic carboxylic acids is 1. The minimum Gasteiger partial charge on any atom is -0.496 e. The molecule has 11 heteroatoms. The van der Waals surface area contributed by atoms with Gasteiger partial charge in [-0.05, 0) is 111 Å². The Bertz CT molecular complexity index is 1630. The molecule has 0 unspecified atom stereocenters. The molecule has 8 rings (SSSR count). The van der Waals surface area contributed by atoms with Crippen LogP contribution in [0.3, 0.4) is 0 Å². The summed E-state index contributed by atoms with van der Waals surface area (Å²) in [5.41, 5.74) is 2.00. The number of hydrogen-bond donors (Lipinski definition) is 2. The molecule has 44 heavy (non-hydrogen) atoms. The van der Waals surface area contributed by atoms with E-state index in [-0.39, 0.29) is 28.1 Å². The molecule has 1 amide bonds. The second-order valence-electron chi connectivity index (χ2n) is 12.8. The van der Waals surface area contributed by atoms with Gasteiger partial charge in [0.2, 0.25) is 0 Å². The van der Waals surface area contributed by atoms with E-state index < -0.39 is 17.4 Å². The molecule has 230 valence electrons. The number of ether oxygens (including phenoxy) is 2. The number of hydrogen-bond acceptors (Lipinski definition) is 7. The third-order valence-corrected chi connectivity index (χ3v) is 10.6. The van der Waals surface area contributed by atoms with Crippen molar-refractivity contribution in [1.29, 1.82) is 0 Å². The van der Waals surface area contributed by atoms with Crippen LogP contribution in [0.1, 0.15) is 66.6 Å². The average Bonchev–Trinajstić information content (AvgIpc) is 3.46. The molecule has 0 saturated heterocycles. The molecule has 4 saturated carbocycles. The lowest BCUT2D eigenvalue weighted by Gasteiger charge is -2.59. The molecule has 2 N–H and O–H groups in total. The van der Waals surface area contributed by atoms with Gasteiger partial charge in [-0.1, -0.05) is 6.07 Å². The van der Waals surface area contributed by atoms with Crippen LogP contribution in [0.15, 0.2) is 36.4 Å². The van der Waals surface area contributed by atoms with E-state index >= 15 is 0 Å². The quantitative estimate of drug-likeness (QED) is 0.260. The minimum absolute atomic E-state index is 0.0605. The normalized spacial score (nSPS) is 26.6. The summed E-state index contributed by atoms with van der Waals surface area (Å²) in [6.07, 6.45) is 7.33. The highest BCUT2D eigenvalue weighted by Gasteiger charge is 2.62. The molecule has 5 aliphatic rings. The summed E-state index contributed by atoms with van der Waals surface area (Å²) < 4.78 is 13.1. The number of benzene rings is 2. The molecular weight excluding hydrogens is 564 g/mol. The molecule has 11 nitrogen and oxygen atoms in total. The predicted molar refractivity (Wildman–Crippen MR) is 160 cm³/mol. The van der Waals surface area contributed by atoms with Gasteiger partial charge >= 0.3 is 5.97 Å². The van der Waals surface area contributed by atoms with E-state index in [1.165, 1.54) is 6.07 Å². The van der Waals surface area contributed by atoms with E-state index in [2.05, 4.69) is 5.32 Å². The van der Waals surface area contributed by atoms with Gasteiger partial charge in [0.15, 0.2) is 5.69 Å². The van der Waals surface area contributed by atoms with Gasteiger partial charge in [-0.25, -0.2) is 9.48 Å². The molecule has 4 fully saturated rings. The monoisotopic (exact) mass is 600 g/mol. The number of carboxylic acids is 1. The Morgan fingerprint density at radius 2 is 1.59 bits per heavy atom. The maximum Gasteiger partial charge on any atom is 0.330 e. The topological polar surface area (TPSA) is 146 Å². The lowest BCUT2D eigenvalue weighted by Crippen LogP contribution is -2.70. The number of carboxylic acid groups (broad SMARTS) is 1. The number of carbonyl (C=O) groups excluding carboxylic acids is 1. The van der Waals surface area contributed by atoms with Crippen LogP contribution in [0.25, 0.3) is 16.9 Å². The molecule has 5 aliphatic carbocycles. The van der Waals surface area contributed by atoms with Crippen LogP contribution in [-0.2, 0) is 17.6 Å². The molecule has 3 aromatic rings. The summed E-state index contributed by atoms with van der Waals surface area (Å²) in [5.74, 6) is 0.292. The molecule has 1 aromatic heterocycles. The SMILES string of the molecule is COc1cccc(OC)c1-c1cc(C(=O)NC2(C(=O)O)C3CC4CC(C3)CC2C4)nn1-c1ccc([N+](=O)[O-])c2c1CCCC2. The van der Waals surface area contributed by atoms with Gasteiger partial charge in [0.25, 0.3) is 11.6 Å². The van der Waals surface area contributed by atoms with Crippen molar-refractivity contribution in [1.82, 2.24) is 15.1 Å². The Morgan fingerprint density at radius 1 is 0.977 bits per heavy atom. The number of nitrogens with zero attached hydrogens (tertiary/aromatic N) is 3. The molecule has 2 aromatic carbocycles. The van der Waals surface area contributed by atoms with Gasteiger partial charge in [-0.3, -0.25) is 14.9 Å². The van der Waals surface area contributed by atoms with E-state index in [1.807, 2.05) is 0 Å². The molecule has 0 spiro atoms. The van der Waals surface area contributed by atoms with E-state index in [0.717, 1.165) is 50.5 Å². The highest BCUT2D eigenvalue weighted by atomic mass is 16.6. The van der Waals surface area contributed by atoms with Crippen molar-refractivity contribution in [3.63, 3.8) is 0 Å². The summed E-state index contributed by atoms with van der Waals surface area (Å²) >= 11 is 0. The van der Waals surface area contributed by atoms with Gasteiger partial charge in [-0.15, -0.1) is 0 Å². The third-order valence-electron chi connectivity index (χ3n) is 10.6. The number of aromatic nitrogens is 2. The fourth-order valence-electron chi connectivity index (χ4n) is 8.94. The number of methoxy groups -OCH3 is 2. The Balaban J connectivity index is 1.38. The van der Waals surface area contributed by atoms with Crippen molar-refractivity contribution < 1.29 is 29.1 Å². The van der Waals surface area contributed by atoms with Crippen molar-refractivity contribution in [2.24, 2.45) is 23.7 Å². The summed E-state index contributed by atoms with van der Waals surface area (Å²) in [4.78, 5) is 38.6. The van der Waals surface area contributed by atoms with Crippen LogP contribution in [0.5, 0.6) is 11.5 Å². The second-order valence-corrected chi connectivity index (χ2v) is 12.8. The van der Waals surface area contributed by atoms with Crippen molar-refractivity contribution in [2.45, 2.75) is 63.3 Å². The van der Waals surface area contributed by atoms with E-state index in [9.17, 15) is 24.8 Å². The van der Waals surface area contributed by atoms with Crippen molar-refractivity contribution in [2.75, 3.05) is 14.2 Å². The zero-order chi connectivity index (χ0) is 30.7. The van der Waals surface area contributed by atoms with Crippen LogP contribution in [0, 0.1) is 33.8 Å². The lowest BCUT2D eigenvalue weighted by molar-refractivity contribution is -0.385. The molecule has 0 radical (unpaired) electrons. The zero-order valence-corrected chi connectivity index (χ0v) is 24.9. The minimum atomic E-state index is -1.33. The Hall–Kier alpha value is -4.41. The molecule has 0 atom stereocenters. The van der Waals surface area contributed by atoms with Crippen LogP contribution >= 0.6 is 0 Å². The van der Waals surface area contributed by atoms with Crippen molar-refractivity contribution in [3.05, 3.63) is 63.3 Å². The van der Waals surface area contributed by atoms with Gasteiger partial charge in [0, 0.05) is 11.6 Å². The van der Waals surface area contributed by atoms with Crippen molar-refractivity contribution in [3.8, 4) is 28.4 Å². The van der Waals surface area contributed by atoms with Gasteiger partial charge in [-0.2, -0.15) is 5.10 Å². The van der Waals surface area contributed by atoms with Gasteiger partial charge in [0.1, 0.15) is 17.0 Å². The summed E-state index contributed by atoms with van der Waals surface area (Å²) in [6, 6.07) is 10.2. The number of nitro groups is 1. The first-order chi connectivity index (χ1) is 21.2. The summed E-state index contributed by atoms with van der Waals surface area (Å²) in [6.45, 7) is 0. The average molecular weight is 601 g/mol. The zero-order valence-electron chi connectivity index (χ0n) is 24.9. The smallest absolute Gasteiger partial charge is 0.330 e.